The number of hydrazone groups is 1. The molecule has 0 atom stereocenters. The number of nitrogens with zero attached hydrogens (tertiary/aromatic N) is 3. The van der Waals surface area contributed by atoms with E-state index in [-0.39, 0.29) is 5.96 Å². The van der Waals surface area contributed by atoms with Crippen LogP contribution in [0.5, 0.6) is 0 Å². The third-order valence-electron chi connectivity index (χ3n) is 2.56. The highest BCUT2D eigenvalue weighted by Crippen LogP contribution is 2.12. The van der Waals surface area contributed by atoms with Crippen molar-refractivity contribution in [3.05, 3.63) is 69.7 Å². The second kappa shape index (κ2) is 8.17. The van der Waals surface area contributed by atoms with Gasteiger partial charge >= 0.3 is 0 Å². The molecule has 22 heavy (non-hydrogen) atoms. The summed E-state index contributed by atoms with van der Waals surface area (Å²) in [6, 6.07) is 14.6. The Labute approximate surface area is 138 Å². The van der Waals surface area contributed by atoms with E-state index in [2.05, 4.69) is 20.7 Å². The Morgan fingerprint density at radius 3 is 2.05 bits per heavy atom. The van der Waals surface area contributed by atoms with E-state index in [0.29, 0.717) is 10.0 Å². The molecule has 0 aliphatic carbocycles. The van der Waals surface area contributed by atoms with Gasteiger partial charge in [0, 0.05) is 21.2 Å². The zero-order valence-corrected chi connectivity index (χ0v) is 13.0. The highest BCUT2D eigenvalue weighted by molar-refractivity contribution is 6.33. The molecule has 0 unspecified atom stereocenters. The number of hydrogen-bond donors (Lipinski definition) is 2. The second-order valence-corrected chi connectivity index (χ2v) is 4.96. The lowest BCUT2D eigenvalue weighted by Crippen LogP contribution is -2.26. The molecule has 0 fully saturated rings. The summed E-state index contributed by atoms with van der Waals surface area (Å²) in [7, 11) is 0. The van der Waals surface area contributed by atoms with Crippen LogP contribution in [0.25, 0.3) is 0 Å². The monoisotopic (exact) mass is 333 g/mol. The summed E-state index contributed by atoms with van der Waals surface area (Å²) >= 11 is 12.0. The molecule has 112 valence electrons. The van der Waals surface area contributed by atoms with Gasteiger partial charge in [-0.3, -0.25) is 0 Å². The molecule has 2 aromatic rings. The summed E-state index contributed by atoms with van der Waals surface area (Å²) in [5.74, 6) is 0.0478. The number of hydrogen-bond acceptors (Lipinski definition) is 3. The van der Waals surface area contributed by atoms with E-state index in [4.69, 9.17) is 28.9 Å². The Kier molecular flexibility index (Phi) is 5.94. The number of rotatable bonds is 4. The topological polar surface area (TPSA) is 75.1 Å². The van der Waals surface area contributed by atoms with Gasteiger partial charge in [-0.15, -0.1) is 5.10 Å². The van der Waals surface area contributed by atoms with Crippen molar-refractivity contribution in [2.75, 3.05) is 0 Å². The predicted octanol–water partition coefficient (Wildman–Crippen LogP) is 3.27. The SMILES string of the molecule is N/C(=N\N=C\c1ccccc1Cl)NN=Cc1ccccc1Cl. The standard InChI is InChI=1S/C15H13Cl2N5/c16-13-7-3-1-5-11(13)9-19-21-15(18)22-20-10-12-6-2-4-8-14(12)17/h1-10H,(H3,18,21,22)/b19-9+,20-10?. The van der Waals surface area contributed by atoms with Crippen molar-refractivity contribution in [1.82, 2.24) is 5.43 Å². The molecule has 0 saturated heterocycles. The van der Waals surface area contributed by atoms with Crippen molar-refractivity contribution in [3.63, 3.8) is 0 Å². The van der Waals surface area contributed by atoms with Gasteiger partial charge in [0.1, 0.15) is 0 Å². The highest BCUT2D eigenvalue weighted by Gasteiger charge is 1.95. The van der Waals surface area contributed by atoms with E-state index < -0.39 is 0 Å². The molecule has 0 bridgehead atoms. The molecular formula is C15H13Cl2N5. The van der Waals surface area contributed by atoms with Gasteiger partial charge < -0.3 is 5.73 Å². The molecule has 0 aromatic heterocycles. The van der Waals surface area contributed by atoms with Crippen LogP contribution in [0.3, 0.4) is 0 Å². The van der Waals surface area contributed by atoms with Gasteiger partial charge in [0.15, 0.2) is 0 Å². The van der Waals surface area contributed by atoms with Crippen LogP contribution in [-0.4, -0.2) is 18.4 Å². The molecule has 0 radical (unpaired) electrons. The molecule has 3 N–H and O–H groups in total. The third kappa shape index (κ3) is 4.87. The van der Waals surface area contributed by atoms with Gasteiger partial charge in [-0.05, 0) is 12.1 Å². The number of halogens is 2. The molecule has 0 amide bonds. The van der Waals surface area contributed by atoms with Gasteiger partial charge in [-0.25, -0.2) is 5.43 Å². The third-order valence-corrected chi connectivity index (χ3v) is 3.24. The smallest absolute Gasteiger partial charge is 0.234 e. The largest absolute Gasteiger partial charge is 0.367 e. The molecule has 7 heteroatoms. The summed E-state index contributed by atoms with van der Waals surface area (Å²) in [4.78, 5) is 0. The molecule has 0 saturated carbocycles. The Balaban J connectivity index is 1.93. The van der Waals surface area contributed by atoms with Gasteiger partial charge in [-0.2, -0.15) is 10.2 Å². The van der Waals surface area contributed by atoms with E-state index in [0.717, 1.165) is 11.1 Å². The maximum atomic E-state index is 5.99. The fraction of sp³-hybridized carbons (Fsp3) is 0. The maximum Gasteiger partial charge on any atom is 0.234 e. The molecule has 2 aromatic carbocycles. The van der Waals surface area contributed by atoms with Crippen LogP contribution >= 0.6 is 23.2 Å². The van der Waals surface area contributed by atoms with Crippen LogP contribution in [0.2, 0.25) is 10.0 Å². The maximum absolute atomic E-state index is 5.99. The van der Waals surface area contributed by atoms with Gasteiger partial charge in [0.25, 0.3) is 0 Å². The molecule has 0 aliphatic heterocycles. The van der Waals surface area contributed by atoms with E-state index in [1.807, 2.05) is 36.4 Å². The van der Waals surface area contributed by atoms with Crippen molar-refractivity contribution in [3.8, 4) is 0 Å². The molecule has 0 spiro atoms. The van der Waals surface area contributed by atoms with Gasteiger partial charge in [-0.1, -0.05) is 59.6 Å². The van der Waals surface area contributed by atoms with Crippen molar-refractivity contribution >= 4 is 41.6 Å². The summed E-state index contributed by atoms with van der Waals surface area (Å²) in [6.07, 6.45) is 3.05. The van der Waals surface area contributed by atoms with E-state index in [1.54, 1.807) is 18.3 Å². The number of benzene rings is 2. The first kappa shape index (κ1) is 16.0. The number of nitrogens with one attached hydrogen (secondary N) is 1. The van der Waals surface area contributed by atoms with Crippen LogP contribution in [0, 0.1) is 0 Å². The van der Waals surface area contributed by atoms with Crippen LogP contribution in [0.15, 0.2) is 63.8 Å². The van der Waals surface area contributed by atoms with Crippen LogP contribution in [0.1, 0.15) is 11.1 Å². The minimum atomic E-state index is 0.0478. The molecule has 2 rings (SSSR count). The highest BCUT2D eigenvalue weighted by atomic mass is 35.5. The van der Waals surface area contributed by atoms with E-state index >= 15 is 0 Å². The number of guanidine groups is 1. The first-order chi connectivity index (χ1) is 10.7. The van der Waals surface area contributed by atoms with Crippen molar-refractivity contribution in [2.45, 2.75) is 0 Å². The normalized spacial score (nSPS) is 12.2. The second-order valence-electron chi connectivity index (χ2n) is 4.14. The Morgan fingerprint density at radius 2 is 1.45 bits per heavy atom. The molecule has 0 heterocycles. The van der Waals surface area contributed by atoms with Gasteiger partial charge in [0.05, 0.1) is 12.4 Å². The Morgan fingerprint density at radius 1 is 0.909 bits per heavy atom. The lowest BCUT2D eigenvalue weighted by Gasteiger charge is -1.98. The van der Waals surface area contributed by atoms with E-state index in [1.165, 1.54) is 6.21 Å². The molecular weight excluding hydrogens is 321 g/mol. The quantitative estimate of drug-likeness (QED) is 0.512. The average Bonchev–Trinajstić information content (AvgIpc) is 2.51. The fourth-order valence-electron chi connectivity index (χ4n) is 1.50. The number of nitrogens with two attached hydrogens (primary N) is 1. The van der Waals surface area contributed by atoms with Crippen LogP contribution in [0.4, 0.5) is 0 Å². The summed E-state index contributed by atoms with van der Waals surface area (Å²) < 4.78 is 0. The first-order valence-electron chi connectivity index (χ1n) is 6.31. The van der Waals surface area contributed by atoms with Crippen LogP contribution < -0.4 is 11.2 Å². The summed E-state index contributed by atoms with van der Waals surface area (Å²) in [6.45, 7) is 0. The lowest BCUT2D eigenvalue weighted by molar-refractivity contribution is 0.994. The average molecular weight is 334 g/mol. The van der Waals surface area contributed by atoms with E-state index in [9.17, 15) is 0 Å². The Bertz CT molecular complexity index is 725. The Hall–Kier alpha value is -2.37. The van der Waals surface area contributed by atoms with Crippen molar-refractivity contribution in [2.24, 2.45) is 21.0 Å². The van der Waals surface area contributed by atoms with Gasteiger partial charge in [0.2, 0.25) is 5.96 Å². The first-order valence-corrected chi connectivity index (χ1v) is 7.07. The van der Waals surface area contributed by atoms with Crippen LogP contribution in [-0.2, 0) is 0 Å². The summed E-state index contributed by atoms with van der Waals surface area (Å²) in [5, 5.41) is 12.7. The predicted molar refractivity (Wildman–Crippen MR) is 92.9 cm³/mol. The van der Waals surface area contributed by atoms with Crippen molar-refractivity contribution in [1.29, 1.82) is 0 Å². The molecule has 0 aliphatic rings. The molecule has 5 nitrogen and oxygen atoms in total. The lowest BCUT2D eigenvalue weighted by atomic mass is 10.2. The fourth-order valence-corrected chi connectivity index (χ4v) is 1.87. The summed E-state index contributed by atoms with van der Waals surface area (Å²) in [5.41, 5.74) is 9.69. The zero-order valence-electron chi connectivity index (χ0n) is 11.4. The van der Waals surface area contributed by atoms with Crippen molar-refractivity contribution < 1.29 is 0 Å². The zero-order chi connectivity index (χ0) is 15.8. The minimum Gasteiger partial charge on any atom is -0.367 e. The minimum absolute atomic E-state index is 0.0478.